The summed E-state index contributed by atoms with van der Waals surface area (Å²) in [6.45, 7) is 0.216. The highest BCUT2D eigenvalue weighted by atomic mass is 16.7. The van der Waals surface area contributed by atoms with Crippen molar-refractivity contribution in [3.8, 4) is 74.7 Å². The van der Waals surface area contributed by atoms with Gasteiger partial charge in [-0.15, -0.1) is 0 Å². The van der Waals surface area contributed by atoms with Crippen LogP contribution in [0, 0.1) is 0 Å². The van der Waals surface area contributed by atoms with E-state index in [1.807, 2.05) is 84.9 Å². The van der Waals surface area contributed by atoms with Gasteiger partial charge in [-0.25, -0.2) is 0 Å². The lowest BCUT2D eigenvalue weighted by Gasteiger charge is -2.21. The largest absolute Gasteiger partial charge is 0.497 e. The second-order valence-corrected chi connectivity index (χ2v) is 14.3. The molecule has 0 bridgehead atoms. The summed E-state index contributed by atoms with van der Waals surface area (Å²) < 4.78 is 65.2. The third-order valence-corrected chi connectivity index (χ3v) is 10.6. The Labute approximate surface area is 357 Å². The van der Waals surface area contributed by atoms with Crippen molar-refractivity contribution in [2.75, 3.05) is 56.6 Å². The van der Waals surface area contributed by atoms with Crippen LogP contribution >= 0.6 is 0 Å². The molecule has 6 aromatic carbocycles. The number of hydrogen-bond acceptors (Lipinski definition) is 11. The van der Waals surface area contributed by atoms with Crippen molar-refractivity contribution in [3.05, 3.63) is 137 Å². The molecule has 0 aliphatic carbocycles. The van der Waals surface area contributed by atoms with E-state index in [0.29, 0.717) is 77.4 Å². The molecular formula is C50H52O11. The molecule has 0 amide bonds. The molecule has 0 N–H and O–H groups in total. The van der Waals surface area contributed by atoms with E-state index >= 15 is 0 Å². The Morgan fingerprint density at radius 2 is 0.836 bits per heavy atom. The van der Waals surface area contributed by atoms with Gasteiger partial charge in [-0.2, -0.15) is 0 Å². The number of hydrogen-bond donors (Lipinski definition) is 0. The molecule has 6 aromatic rings. The van der Waals surface area contributed by atoms with Gasteiger partial charge in [-0.05, 0) is 133 Å². The van der Waals surface area contributed by atoms with Crippen molar-refractivity contribution in [1.29, 1.82) is 0 Å². The summed E-state index contributed by atoms with van der Waals surface area (Å²) >= 11 is 0. The van der Waals surface area contributed by atoms with Crippen LogP contribution in [-0.2, 0) is 38.5 Å². The van der Waals surface area contributed by atoms with Crippen molar-refractivity contribution in [2.24, 2.45) is 0 Å². The number of aryl methyl sites for hydroxylation is 6. The maximum absolute atomic E-state index is 6.80. The zero-order valence-electron chi connectivity index (χ0n) is 35.8. The number of fused-ring (bicyclic) bond motifs is 1. The van der Waals surface area contributed by atoms with Gasteiger partial charge in [0.2, 0.25) is 12.5 Å². The van der Waals surface area contributed by atoms with Crippen LogP contribution in [0.1, 0.15) is 33.4 Å². The first-order chi connectivity index (χ1) is 29.8. The minimum Gasteiger partial charge on any atom is -0.497 e. The Kier molecular flexibility index (Phi) is 13.8. The average Bonchev–Trinajstić information content (AvgIpc) is 3.78. The quantitative estimate of drug-likeness (QED) is 0.0735. The summed E-state index contributed by atoms with van der Waals surface area (Å²) in [5.41, 5.74) is 6.20. The standard InChI is InChI=1S/C50H52O11/c1-51-38-12-8-10-32(22-38)16-19-36-27-46(43(55-5)29-41(36)53-3)60-48-25-35(15-14-34-18-21-40-45(24-34)59-31-58-40)26-49(50(48)57-7)61-47-28-37(42(54-4)30-44(47)56-6)20-17-33-11-9-13-39(23-33)52-2/h8-13,18,21-30H,14-17,19-20,31H2,1-7H3. The van der Waals surface area contributed by atoms with Gasteiger partial charge in [0.15, 0.2) is 46.0 Å². The van der Waals surface area contributed by atoms with Gasteiger partial charge in [0, 0.05) is 12.1 Å². The summed E-state index contributed by atoms with van der Waals surface area (Å²) in [5, 5.41) is 0. The topological polar surface area (TPSA) is 102 Å². The SMILES string of the molecule is COc1cccc(CCc2cc(Oc3cc(CCc4ccc5c(c4)OCO5)cc(Oc4cc(CCc5cccc(OC)c5)c(OC)cc4OC)c3OC)c(OC)cc2OC)c1. The van der Waals surface area contributed by atoms with Crippen molar-refractivity contribution < 1.29 is 52.1 Å². The van der Waals surface area contributed by atoms with Crippen LogP contribution in [0.4, 0.5) is 0 Å². The first-order valence-corrected chi connectivity index (χ1v) is 20.1. The van der Waals surface area contributed by atoms with E-state index in [9.17, 15) is 0 Å². The predicted octanol–water partition coefficient (Wildman–Crippen LogP) is 10.4. The molecule has 318 valence electrons. The molecule has 11 nitrogen and oxygen atoms in total. The molecule has 1 aliphatic rings. The molecule has 0 saturated carbocycles. The highest BCUT2D eigenvalue weighted by Gasteiger charge is 2.23. The van der Waals surface area contributed by atoms with Crippen LogP contribution in [0.2, 0.25) is 0 Å². The Morgan fingerprint density at radius 3 is 1.33 bits per heavy atom. The van der Waals surface area contributed by atoms with Gasteiger partial charge in [0.05, 0.1) is 49.8 Å². The van der Waals surface area contributed by atoms with Crippen LogP contribution in [0.3, 0.4) is 0 Å². The normalized spacial score (nSPS) is 11.5. The first-order valence-electron chi connectivity index (χ1n) is 20.1. The molecule has 0 aromatic heterocycles. The van der Waals surface area contributed by atoms with Crippen molar-refractivity contribution in [1.82, 2.24) is 0 Å². The van der Waals surface area contributed by atoms with E-state index in [1.165, 1.54) is 0 Å². The molecular weight excluding hydrogens is 777 g/mol. The highest BCUT2D eigenvalue weighted by Crippen LogP contribution is 2.48. The van der Waals surface area contributed by atoms with E-state index in [-0.39, 0.29) is 6.79 Å². The second-order valence-electron chi connectivity index (χ2n) is 14.3. The van der Waals surface area contributed by atoms with Crippen molar-refractivity contribution in [2.45, 2.75) is 38.5 Å². The van der Waals surface area contributed by atoms with E-state index in [1.54, 1.807) is 49.8 Å². The fourth-order valence-electron chi connectivity index (χ4n) is 7.38. The second kappa shape index (κ2) is 19.9. The maximum Gasteiger partial charge on any atom is 0.231 e. The van der Waals surface area contributed by atoms with Gasteiger partial charge in [-0.1, -0.05) is 30.3 Å². The Morgan fingerprint density at radius 1 is 0.361 bits per heavy atom. The molecule has 0 radical (unpaired) electrons. The number of benzene rings is 6. The third-order valence-electron chi connectivity index (χ3n) is 10.6. The van der Waals surface area contributed by atoms with E-state index in [4.69, 9.17) is 52.1 Å². The minimum atomic E-state index is 0.216. The molecule has 0 atom stereocenters. The van der Waals surface area contributed by atoms with E-state index in [2.05, 4.69) is 18.2 Å². The molecule has 7 rings (SSSR count). The van der Waals surface area contributed by atoms with Gasteiger partial charge in [0.25, 0.3) is 0 Å². The predicted molar refractivity (Wildman–Crippen MR) is 233 cm³/mol. The lowest BCUT2D eigenvalue weighted by Crippen LogP contribution is -2.02. The zero-order chi connectivity index (χ0) is 42.7. The molecule has 0 unspecified atom stereocenters. The Hall–Kier alpha value is -6.88. The van der Waals surface area contributed by atoms with Crippen LogP contribution in [-0.4, -0.2) is 56.6 Å². The summed E-state index contributed by atoms with van der Waals surface area (Å²) in [5.74, 6) is 7.71. The molecule has 0 saturated heterocycles. The zero-order valence-corrected chi connectivity index (χ0v) is 35.8. The Balaban J connectivity index is 1.25. The average molecular weight is 829 g/mol. The molecule has 11 heteroatoms. The fraction of sp³-hybridized carbons (Fsp3) is 0.280. The summed E-state index contributed by atoms with van der Waals surface area (Å²) in [4.78, 5) is 0. The van der Waals surface area contributed by atoms with Crippen LogP contribution < -0.4 is 52.1 Å². The summed E-state index contributed by atoms with van der Waals surface area (Å²) in [6, 6.07) is 33.7. The number of rotatable bonds is 20. The van der Waals surface area contributed by atoms with E-state index < -0.39 is 0 Å². The fourth-order valence-corrected chi connectivity index (χ4v) is 7.38. The number of ether oxygens (including phenoxy) is 11. The summed E-state index contributed by atoms with van der Waals surface area (Å²) in [6.07, 6.45) is 4.21. The highest BCUT2D eigenvalue weighted by molar-refractivity contribution is 5.61. The first kappa shape index (κ1) is 42.3. The van der Waals surface area contributed by atoms with Gasteiger partial charge < -0.3 is 52.1 Å². The van der Waals surface area contributed by atoms with Gasteiger partial charge in [-0.3, -0.25) is 0 Å². The van der Waals surface area contributed by atoms with Gasteiger partial charge >= 0.3 is 0 Å². The van der Waals surface area contributed by atoms with Crippen LogP contribution in [0.25, 0.3) is 0 Å². The lowest BCUT2D eigenvalue weighted by molar-refractivity contribution is 0.174. The van der Waals surface area contributed by atoms with Crippen molar-refractivity contribution in [3.63, 3.8) is 0 Å². The molecule has 61 heavy (non-hydrogen) atoms. The molecule has 1 aliphatic heterocycles. The lowest BCUT2D eigenvalue weighted by atomic mass is 10.0. The molecule has 1 heterocycles. The van der Waals surface area contributed by atoms with Crippen LogP contribution in [0.15, 0.2) is 103 Å². The third kappa shape index (κ3) is 10.1. The number of methoxy groups -OCH3 is 7. The van der Waals surface area contributed by atoms with Gasteiger partial charge in [0.1, 0.15) is 23.0 Å². The Bertz CT molecular complexity index is 2310. The smallest absolute Gasteiger partial charge is 0.231 e. The maximum atomic E-state index is 6.80. The summed E-state index contributed by atoms with van der Waals surface area (Å²) in [7, 11) is 11.4. The molecule has 0 spiro atoms. The van der Waals surface area contributed by atoms with Crippen molar-refractivity contribution >= 4 is 0 Å². The van der Waals surface area contributed by atoms with Crippen LogP contribution in [0.5, 0.6) is 74.7 Å². The molecule has 0 fully saturated rings. The minimum absolute atomic E-state index is 0.216. The monoisotopic (exact) mass is 828 g/mol. The van der Waals surface area contributed by atoms with E-state index in [0.717, 1.165) is 69.2 Å².